The standard InChI is InChI=1S/C12H10F3N3O/c13-12(14,15)19-8-3-1-2-7(4-8)11-9-5-16-6-10(9)17-18-11/h1-4,16H,5-6H2,(H,17,18). The van der Waals surface area contributed by atoms with E-state index >= 15 is 0 Å². The molecule has 1 aromatic carbocycles. The van der Waals surface area contributed by atoms with Crippen LogP contribution in [0.15, 0.2) is 24.3 Å². The van der Waals surface area contributed by atoms with Gasteiger partial charge in [0.2, 0.25) is 0 Å². The minimum atomic E-state index is -4.69. The third-order valence-corrected chi connectivity index (χ3v) is 2.90. The van der Waals surface area contributed by atoms with Crippen molar-refractivity contribution in [1.29, 1.82) is 0 Å². The molecule has 7 heteroatoms. The fraction of sp³-hybridized carbons (Fsp3) is 0.250. The number of nitrogens with one attached hydrogen (secondary N) is 2. The van der Waals surface area contributed by atoms with E-state index in [1.807, 2.05) is 0 Å². The highest BCUT2D eigenvalue weighted by Crippen LogP contribution is 2.30. The van der Waals surface area contributed by atoms with Crippen molar-refractivity contribution in [3.8, 4) is 17.0 Å². The molecule has 0 atom stereocenters. The molecule has 0 saturated heterocycles. The van der Waals surface area contributed by atoms with Crippen LogP contribution in [0.4, 0.5) is 13.2 Å². The van der Waals surface area contributed by atoms with E-state index in [9.17, 15) is 13.2 Å². The third kappa shape index (κ3) is 2.41. The molecule has 0 saturated carbocycles. The lowest BCUT2D eigenvalue weighted by Crippen LogP contribution is -2.17. The van der Waals surface area contributed by atoms with E-state index in [0.717, 1.165) is 11.3 Å². The molecule has 1 aliphatic rings. The van der Waals surface area contributed by atoms with Crippen LogP contribution in [0.1, 0.15) is 11.3 Å². The summed E-state index contributed by atoms with van der Waals surface area (Å²) >= 11 is 0. The molecule has 0 unspecified atom stereocenters. The highest BCUT2D eigenvalue weighted by Gasteiger charge is 2.31. The molecule has 4 nitrogen and oxygen atoms in total. The summed E-state index contributed by atoms with van der Waals surface area (Å²) in [6.07, 6.45) is -4.69. The summed E-state index contributed by atoms with van der Waals surface area (Å²) < 4.78 is 40.4. The lowest BCUT2D eigenvalue weighted by molar-refractivity contribution is -0.274. The van der Waals surface area contributed by atoms with Gasteiger partial charge in [-0.15, -0.1) is 13.2 Å². The van der Waals surface area contributed by atoms with E-state index in [4.69, 9.17) is 0 Å². The number of nitrogens with zero attached hydrogens (tertiary/aromatic N) is 1. The van der Waals surface area contributed by atoms with Gasteiger partial charge in [-0.3, -0.25) is 5.10 Å². The van der Waals surface area contributed by atoms with Crippen molar-refractivity contribution >= 4 is 0 Å². The second kappa shape index (κ2) is 4.27. The number of halogens is 3. The first-order valence-corrected chi connectivity index (χ1v) is 5.66. The summed E-state index contributed by atoms with van der Waals surface area (Å²) in [6, 6.07) is 5.82. The molecule has 2 N–H and O–H groups in total. The van der Waals surface area contributed by atoms with Crippen LogP contribution in [-0.2, 0) is 13.1 Å². The number of alkyl halides is 3. The monoisotopic (exact) mass is 269 g/mol. The number of hydrogen-bond acceptors (Lipinski definition) is 3. The molecule has 1 aromatic heterocycles. The maximum absolute atomic E-state index is 12.2. The molecular formula is C12H10F3N3O. The third-order valence-electron chi connectivity index (χ3n) is 2.90. The van der Waals surface area contributed by atoms with Gasteiger partial charge >= 0.3 is 6.36 Å². The van der Waals surface area contributed by atoms with Crippen molar-refractivity contribution in [2.24, 2.45) is 0 Å². The quantitative estimate of drug-likeness (QED) is 0.881. The SMILES string of the molecule is FC(F)(F)Oc1cccc(-c2n[nH]c3c2CNC3)c1. The Morgan fingerprint density at radius 2 is 2.05 bits per heavy atom. The number of rotatable bonds is 2. The molecule has 0 radical (unpaired) electrons. The normalized spacial score (nSPS) is 14.5. The van der Waals surface area contributed by atoms with Gasteiger partial charge < -0.3 is 10.1 Å². The summed E-state index contributed by atoms with van der Waals surface area (Å²) in [5.74, 6) is -0.243. The number of aromatic nitrogens is 2. The molecule has 0 bridgehead atoms. The van der Waals surface area contributed by atoms with Gasteiger partial charge in [0.25, 0.3) is 0 Å². The summed E-state index contributed by atoms with van der Waals surface area (Å²) in [5.41, 5.74) is 3.22. The first-order chi connectivity index (χ1) is 9.03. The zero-order valence-electron chi connectivity index (χ0n) is 9.71. The van der Waals surface area contributed by atoms with E-state index in [0.29, 0.717) is 24.3 Å². The number of H-pyrrole nitrogens is 1. The molecular weight excluding hydrogens is 259 g/mol. The molecule has 19 heavy (non-hydrogen) atoms. The molecule has 0 fully saturated rings. The lowest BCUT2D eigenvalue weighted by Gasteiger charge is -2.09. The van der Waals surface area contributed by atoms with Crippen LogP contribution in [0.25, 0.3) is 11.3 Å². The largest absolute Gasteiger partial charge is 0.573 e. The lowest BCUT2D eigenvalue weighted by atomic mass is 10.1. The van der Waals surface area contributed by atoms with Crippen LogP contribution in [-0.4, -0.2) is 16.6 Å². The van der Waals surface area contributed by atoms with Crippen molar-refractivity contribution in [2.45, 2.75) is 19.5 Å². The second-order valence-corrected chi connectivity index (χ2v) is 4.21. The predicted octanol–water partition coefficient (Wildman–Crippen LogP) is 2.58. The molecule has 2 aromatic rings. The zero-order chi connectivity index (χ0) is 13.5. The molecule has 0 aliphatic carbocycles. The summed E-state index contributed by atoms with van der Waals surface area (Å²) in [6.45, 7) is 1.35. The molecule has 3 rings (SSSR count). The Hall–Kier alpha value is -2.02. The highest BCUT2D eigenvalue weighted by atomic mass is 19.4. The highest BCUT2D eigenvalue weighted by molar-refractivity contribution is 5.66. The van der Waals surface area contributed by atoms with Gasteiger partial charge in [0.1, 0.15) is 5.75 Å². The topological polar surface area (TPSA) is 49.9 Å². The Morgan fingerprint density at radius 3 is 2.84 bits per heavy atom. The van der Waals surface area contributed by atoms with E-state index in [-0.39, 0.29) is 5.75 Å². The van der Waals surface area contributed by atoms with E-state index < -0.39 is 6.36 Å². The maximum atomic E-state index is 12.2. The second-order valence-electron chi connectivity index (χ2n) is 4.21. The van der Waals surface area contributed by atoms with Gasteiger partial charge in [-0.1, -0.05) is 12.1 Å². The van der Waals surface area contributed by atoms with E-state index in [2.05, 4.69) is 20.3 Å². The number of fused-ring (bicyclic) bond motifs is 1. The Balaban J connectivity index is 1.95. The molecule has 2 heterocycles. The van der Waals surface area contributed by atoms with Gasteiger partial charge in [0.15, 0.2) is 0 Å². The molecule has 1 aliphatic heterocycles. The van der Waals surface area contributed by atoms with Crippen molar-refractivity contribution in [1.82, 2.24) is 15.5 Å². The van der Waals surface area contributed by atoms with Crippen LogP contribution < -0.4 is 10.1 Å². The van der Waals surface area contributed by atoms with E-state index in [1.165, 1.54) is 18.2 Å². The Bertz CT molecular complexity index is 607. The van der Waals surface area contributed by atoms with Gasteiger partial charge in [0, 0.05) is 24.2 Å². The number of hydrogen-bond donors (Lipinski definition) is 2. The van der Waals surface area contributed by atoms with Crippen molar-refractivity contribution in [2.75, 3.05) is 0 Å². The summed E-state index contributed by atoms with van der Waals surface area (Å²) in [5, 5.41) is 10.2. The molecule has 100 valence electrons. The van der Waals surface area contributed by atoms with Crippen molar-refractivity contribution in [3.63, 3.8) is 0 Å². The average molecular weight is 269 g/mol. The summed E-state index contributed by atoms with van der Waals surface area (Å²) in [7, 11) is 0. The Labute approximate surface area is 106 Å². The molecule has 0 spiro atoms. The van der Waals surface area contributed by atoms with Gasteiger partial charge in [-0.25, -0.2) is 0 Å². The minimum absolute atomic E-state index is 0.243. The average Bonchev–Trinajstić information content (AvgIpc) is 2.87. The van der Waals surface area contributed by atoms with Gasteiger partial charge in [0.05, 0.1) is 11.4 Å². The number of benzene rings is 1. The van der Waals surface area contributed by atoms with Gasteiger partial charge in [-0.05, 0) is 12.1 Å². The number of ether oxygens (including phenoxy) is 1. The Morgan fingerprint density at radius 1 is 1.21 bits per heavy atom. The predicted molar refractivity (Wildman–Crippen MR) is 61.3 cm³/mol. The zero-order valence-corrected chi connectivity index (χ0v) is 9.71. The molecule has 0 amide bonds. The summed E-state index contributed by atoms with van der Waals surface area (Å²) in [4.78, 5) is 0. The van der Waals surface area contributed by atoms with Crippen LogP contribution in [0.3, 0.4) is 0 Å². The first-order valence-electron chi connectivity index (χ1n) is 5.66. The first kappa shape index (κ1) is 12.0. The van der Waals surface area contributed by atoms with E-state index in [1.54, 1.807) is 6.07 Å². The Kier molecular flexibility index (Phi) is 2.70. The van der Waals surface area contributed by atoms with Crippen LogP contribution >= 0.6 is 0 Å². The maximum Gasteiger partial charge on any atom is 0.573 e. The van der Waals surface area contributed by atoms with Crippen molar-refractivity contribution in [3.05, 3.63) is 35.5 Å². The van der Waals surface area contributed by atoms with Crippen LogP contribution in [0.2, 0.25) is 0 Å². The number of aromatic amines is 1. The van der Waals surface area contributed by atoms with Crippen molar-refractivity contribution < 1.29 is 17.9 Å². The minimum Gasteiger partial charge on any atom is -0.406 e. The van der Waals surface area contributed by atoms with Crippen LogP contribution in [0.5, 0.6) is 5.75 Å². The van der Waals surface area contributed by atoms with Gasteiger partial charge in [-0.2, -0.15) is 5.10 Å². The van der Waals surface area contributed by atoms with Crippen LogP contribution in [0, 0.1) is 0 Å². The fourth-order valence-corrected chi connectivity index (χ4v) is 2.13. The smallest absolute Gasteiger partial charge is 0.406 e. The fourth-order valence-electron chi connectivity index (χ4n) is 2.13.